The summed E-state index contributed by atoms with van der Waals surface area (Å²) < 4.78 is 62.5. The third-order valence-electron chi connectivity index (χ3n) is 14.6. The molecule has 2 aliphatic carbocycles. The Kier molecular flexibility index (Phi) is 16.6. The summed E-state index contributed by atoms with van der Waals surface area (Å²) in [5, 5.41) is 10.4. The van der Waals surface area contributed by atoms with Crippen LogP contribution in [0.2, 0.25) is 0 Å². The number of nitrogens with zero attached hydrogens (tertiary/aromatic N) is 6. The summed E-state index contributed by atoms with van der Waals surface area (Å²) in [6.45, 7) is -2.58. The average molecular weight is 1050 g/mol. The summed E-state index contributed by atoms with van der Waals surface area (Å²) in [6.07, 6.45) is 18.3. The van der Waals surface area contributed by atoms with Crippen LogP contribution in [-0.4, -0.2) is 57.5 Å². The molecule has 2 fully saturated rings. The molecule has 78 heavy (non-hydrogen) atoms. The lowest BCUT2D eigenvalue weighted by molar-refractivity contribution is -0.135. The van der Waals surface area contributed by atoms with Crippen LogP contribution in [0.3, 0.4) is 0 Å². The molecule has 2 heterocycles. The molecule has 0 unspecified atom stereocenters. The minimum Gasteiger partial charge on any atom is -0.466 e. The van der Waals surface area contributed by atoms with Crippen molar-refractivity contribution >= 4 is 69.1 Å². The van der Waals surface area contributed by atoms with Crippen LogP contribution in [0.15, 0.2) is 146 Å². The number of amides is 2. The SMILES string of the molecule is [2H][C@@H](c1ccc(-c2ccc3c(cnn3C)c2)cc1F)N(C(=O)C1CCCCC1)c1cccc(/C=C/C(=O)OC)c1.[2H][C@H](c1ccc(-c2ccc3c(cnn3C)c2)cc1F)N(C(=O)C1CCCCC1)c1cccc(/C=C/C(=O)OC)c1. The van der Waals surface area contributed by atoms with E-state index in [9.17, 15) is 19.2 Å². The highest BCUT2D eigenvalue weighted by atomic mass is 19.1. The van der Waals surface area contributed by atoms with Crippen molar-refractivity contribution in [2.24, 2.45) is 25.9 Å². The lowest BCUT2D eigenvalue weighted by atomic mass is 9.88. The molecule has 2 saturated carbocycles. The fourth-order valence-electron chi connectivity index (χ4n) is 10.2. The van der Waals surface area contributed by atoms with Gasteiger partial charge in [-0.25, -0.2) is 18.4 Å². The highest BCUT2D eigenvalue weighted by molar-refractivity contribution is 5.97. The molecule has 0 radical (unpaired) electrons. The summed E-state index contributed by atoms with van der Waals surface area (Å²) in [5.41, 5.74) is 7.52. The zero-order chi connectivity index (χ0) is 56.5. The van der Waals surface area contributed by atoms with Gasteiger partial charge in [0.2, 0.25) is 11.8 Å². The van der Waals surface area contributed by atoms with Gasteiger partial charge in [0.1, 0.15) is 11.6 Å². The number of methoxy groups -OCH3 is 2. The van der Waals surface area contributed by atoms with Gasteiger partial charge in [0.25, 0.3) is 0 Å². The number of carbonyl (C=O) groups excluding carboxylic acids is 4. The minimum absolute atomic E-state index is 0.117. The molecule has 0 aliphatic heterocycles. The Balaban J connectivity index is 0.000000194. The predicted octanol–water partition coefficient (Wildman–Crippen LogP) is 13.4. The molecular formula is C64H64F2N6O6. The van der Waals surface area contributed by atoms with E-state index in [0.29, 0.717) is 33.6 Å². The maximum Gasteiger partial charge on any atom is 0.330 e. The van der Waals surface area contributed by atoms with E-state index in [1.54, 1.807) is 107 Å². The molecule has 0 spiro atoms. The van der Waals surface area contributed by atoms with Crippen molar-refractivity contribution in [1.82, 2.24) is 19.6 Å². The number of benzene rings is 6. The molecule has 2 amide bonds. The largest absolute Gasteiger partial charge is 0.466 e. The van der Waals surface area contributed by atoms with E-state index in [1.807, 2.05) is 50.5 Å². The Morgan fingerprint density at radius 2 is 0.936 bits per heavy atom. The number of carbonyl (C=O) groups is 4. The average Bonchev–Trinajstić information content (AvgIpc) is 4.08. The van der Waals surface area contributed by atoms with Crippen molar-refractivity contribution in [3.05, 3.63) is 180 Å². The van der Waals surface area contributed by atoms with Gasteiger partial charge in [0.05, 0.1) is 53.4 Å². The summed E-state index contributed by atoms with van der Waals surface area (Å²) in [4.78, 5) is 53.7. The molecule has 2 atom stereocenters. The molecular weight excluding hydrogens is 987 g/mol. The van der Waals surface area contributed by atoms with Crippen LogP contribution in [0.5, 0.6) is 0 Å². The number of hydrogen-bond donors (Lipinski definition) is 0. The van der Waals surface area contributed by atoms with Gasteiger partial charge in [-0.15, -0.1) is 0 Å². The van der Waals surface area contributed by atoms with Crippen molar-refractivity contribution in [3.63, 3.8) is 0 Å². The number of hydrogen-bond acceptors (Lipinski definition) is 8. The van der Waals surface area contributed by atoms with Gasteiger partial charge >= 0.3 is 11.9 Å². The summed E-state index contributed by atoms with van der Waals surface area (Å²) in [5.74, 6) is -2.89. The maximum absolute atomic E-state index is 15.7. The topological polar surface area (TPSA) is 129 Å². The Morgan fingerprint density at radius 3 is 1.32 bits per heavy atom. The number of rotatable bonds is 14. The molecule has 12 nitrogen and oxygen atoms in total. The Hall–Kier alpha value is -8.52. The first-order chi connectivity index (χ1) is 38.7. The number of esters is 2. The van der Waals surface area contributed by atoms with Crippen LogP contribution in [0.1, 0.15) is 89.2 Å². The molecule has 0 saturated heterocycles. The summed E-state index contributed by atoms with van der Waals surface area (Å²) >= 11 is 0. The Morgan fingerprint density at radius 1 is 0.551 bits per heavy atom. The van der Waals surface area contributed by atoms with Gasteiger partial charge in [-0.05, 0) is 132 Å². The van der Waals surface area contributed by atoms with Crippen LogP contribution in [-0.2, 0) is 55.8 Å². The number of ether oxygens (including phenoxy) is 2. The fourth-order valence-corrected chi connectivity index (χ4v) is 10.2. The van der Waals surface area contributed by atoms with E-state index < -0.39 is 36.6 Å². The Bertz CT molecular complexity index is 3380. The first-order valence-corrected chi connectivity index (χ1v) is 26.4. The highest BCUT2D eigenvalue weighted by Gasteiger charge is 2.30. The summed E-state index contributed by atoms with van der Waals surface area (Å²) in [6, 6.07) is 35.3. The molecule has 8 aromatic rings. The van der Waals surface area contributed by atoms with Crippen molar-refractivity contribution < 1.29 is 40.2 Å². The van der Waals surface area contributed by atoms with E-state index in [2.05, 4.69) is 19.7 Å². The van der Waals surface area contributed by atoms with E-state index in [0.717, 1.165) is 97.1 Å². The quantitative estimate of drug-likeness (QED) is 0.0778. The lowest BCUT2D eigenvalue weighted by Gasteiger charge is -2.30. The summed E-state index contributed by atoms with van der Waals surface area (Å²) in [7, 11) is 6.34. The van der Waals surface area contributed by atoms with Gasteiger partial charge in [-0.3, -0.25) is 19.0 Å². The number of halogens is 2. The third kappa shape index (κ3) is 13.0. The molecule has 0 bridgehead atoms. The van der Waals surface area contributed by atoms with Crippen molar-refractivity contribution in [1.29, 1.82) is 0 Å². The third-order valence-corrected chi connectivity index (χ3v) is 14.6. The van der Waals surface area contributed by atoms with Gasteiger partial charge in [-0.2, -0.15) is 10.2 Å². The first kappa shape index (κ1) is 51.6. The molecule has 0 N–H and O–H groups in total. The van der Waals surface area contributed by atoms with E-state index in [4.69, 9.17) is 2.74 Å². The predicted molar refractivity (Wildman–Crippen MR) is 303 cm³/mol. The van der Waals surface area contributed by atoms with Crippen LogP contribution in [0.25, 0.3) is 56.2 Å². The van der Waals surface area contributed by atoms with E-state index >= 15 is 8.78 Å². The molecule has 10 rings (SSSR count). The molecule has 2 aromatic heterocycles. The normalized spacial score (nSPS) is 15.3. The maximum atomic E-state index is 15.7. The molecule has 6 aromatic carbocycles. The van der Waals surface area contributed by atoms with Crippen molar-refractivity contribution in [2.75, 3.05) is 24.0 Å². The van der Waals surface area contributed by atoms with Gasteiger partial charge in [0.15, 0.2) is 0 Å². The number of fused-ring (bicyclic) bond motifs is 2. The second kappa shape index (κ2) is 25.1. The van der Waals surface area contributed by atoms with Crippen LogP contribution >= 0.6 is 0 Å². The number of aromatic nitrogens is 4. The molecule has 14 heteroatoms. The molecule has 2 aliphatic rings. The van der Waals surface area contributed by atoms with Crippen molar-refractivity contribution in [3.8, 4) is 22.3 Å². The Labute approximate surface area is 456 Å². The van der Waals surface area contributed by atoms with Crippen molar-refractivity contribution in [2.45, 2.75) is 77.2 Å². The van der Waals surface area contributed by atoms with Crippen LogP contribution in [0, 0.1) is 23.5 Å². The monoisotopic (exact) mass is 1050 g/mol. The fraction of sp³-hybridized carbons (Fsp3) is 0.281. The zero-order valence-electron chi connectivity index (χ0n) is 46.3. The van der Waals surface area contributed by atoms with Crippen LogP contribution < -0.4 is 9.80 Å². The number of anilines is 2. The second-order valence-corrected chi connectivity index (χ2v) is 19.8. The van der Waals surface area contributed by atoms with Crippen LogP contribution in [0.4, 0.5) is 20.2 Å². The van der Waals surface area contributed by atoms with Gasteiger partial charge in [-0.1, -0.05) is 99.2 Å². The van der Waals surface area contributed by atoms with E-state index in [1.165, 1.54) is 48.3 Å². The zero-order valence-corrected chi connectivity index (χ0v) is 44.3. The minimum atomic E-state index is -1.29. The smallest absolute Gasteiger partial charge is 0.330 e. The van der Waals surface area contributed by atoms with E-state index in [-0.39, 0.29) is 34.8 Å². The number of aryl methyl sites for hydroxylation is 2. The standard InChI is InChI=1S/2C32H32FN3O3/c2*1-35-30-15-14-24(18-27(30)20-34-35)25-12-13-26(29(33)19-25)21-36(32(38)23-8-4-3-5-9-23)28-10-6-7-22(17-28)11-16-31(37)39-2/h2*6-7,10-20,23H,3-5,8-9,21H2,1-2H3/b2*16-11+/i2*21D/t2*21-/m10/s1. The van der Waals surface area contributed by atoms with Gasteiger partial charge < -0.3 is 19.3 Å². The van der Waals surface area contributed by atoms with Gasteiger partial charge in [0, 0.05) is 71.4 Å². The first-order valence-electron chi connectivity index (χ1n) is 27.5. The lowest BCUT2D eigenvalue weighted by Crippen LogP contribution is -2.37. The highest BCUT2D eigenvalue weighted by Crippen LogP contribution is 2.34. The second-order valence-electron chi connectivity index (χ2n) is 19.8. The molecule has 400 valence electrons.